The molecule has 1 saturated heterocycles. The first-order valence-electron chi connectivity index (χ1n) is 8.75. The fourth-order valence-corrected chi connectivity index (χ4v) is 3.47. The Morgan fingerprint density at radius 3 is 2.67 bits per heavy atom. The van der Waals surface area contributed by atoms with Gasteiger partial charge in [0.2, 0.25) is 0 Å². The molecule has 0 amide bonds. The molecule has 0 bridgehead atoms. The molecule has 1 aromatic carbocycles. The van der Waals surface area contributed by atoms with Crippen LogP contribution in [-0.2, 0) is 4.74 Å². The van der Waals surface area contributed by atoms with Crippen molar-refractivity contribution in [3.63, 3.8) is 0 Å². The van der Waals surface area contributed by atoms with E-state index in [1.54, 1.807) is 0 Å². The van der Waals surface area contributed by atoms with Crippen molar-refractivity contribution in [2.24, 2.45) is 0 Å². The van der Waals surface area contributed by atoms with Crippen LogP contribution in [0.3, 0.4) is 0 Å². The van der Waals surface area contributed by atoms with E-state index in [1.807, 2.05) is 0 Å². The SMILES string of the molecule is CCCNC(CCC1CCCO1)C(CC)c1ccccc1. The van der Waals surface area contributed by atoms with E-state index in [0.717, 1.165) is 13.2 Å². The molecule has 1 aromatic rings. The van der Waals surface area contributed by atoms with Gasteiger partial charge < -0.3 is 10.1 Å². The molecule has 1 aliphatic rings. The number of rotatable bonds is 9. The fourth-order valence-electron chi connectivity index (χ4n) is 3.47. The maximum atomic E-state index is 5.80. The van der Waals surface area contributed by atoms with Crippen LogP contribution in [0.25, 0.3) is 0 Å². The average Bonchev–Trinajstić information content (AvgIpc) is 3.04. The Morgan fingerprint density at radius 2 is 2.05 bits per heavy atom. The Morgan fingerprint density at radius 1 is 1.24 bits per heavy atom. The van der Waals surface area contributed by atoms with Crippen LogP contribution >= 0.6 is 0 Å². The van der Waals surface area contributed by atoms with Crippen LogP contribution in [0.15, 0.2) is 30.3 Å². The van der Waals surface area contributed by atoms with E-state index in [2.05, 4.69) is 49.5 Å². The summed E-state index contributed by atoms with van der Waals surface area (Å²) in [5, 5.41) is 3.79. The highest BCUT2D eigenvalue weighted by Crippen LogP contribution is 2.28. The third-order valence-electron chi connectivity index (χ3n) is 4.63. The van der Waals surface area contributed by atoms with Gasteiger partial charge in [0.15, 0.2) is 0 Å². The Balaban J connectivity index is 1.97. The first-order chi connectivity index (χ1) is 10.3. The van der Waals surface area contributed by atoms with Gasteiger partial charge in [-0.3, -0.25) is 0 Å². The molecule has 1 N–H and O–H groups in total. The number of hydrogen-bond donors (Lipinski definition) is 1. The van der Waals surface area contributed by atoms with E-state index in [4.69, 9.17) is 4.74 Å². The molecule has 3 unspecified atom stereocenters. The summed E-state index contributed by atoms with van der Waals surface area (Å²) in [5.41, 5.74) is 1.47. The first-order valence-corrected chi connectivity index (χ1v) is 8.75. The van der Waals surface area contributed by atoms with Gasteiger partial charge in [-0.15, -0.1) is 0 Å². The van der Waals surface area contributed by atoms with E-state index >= 15 is 0 Å². The van der Waals surface area contributed by atoms with E-state index in [1.165, 1.54) is 44.1 Å². The van der Waals surface area contributed by atoms with Crippen LogP contribution in [0.2, 0.25) is 0 Å². The van der Waals surface area contributed by atoms with Gasteiger partial charge in [0, 0.05) is 12.6 Å². The van der Waals surface area contributed by atoms with E-state index in [9.17, 15) is 0 Å². The number of benzene rings is 1. The van der Waals surface area contributed by atoms with Gasteiger partial charge in [0.25, 0.3) is 0 Å². The minimum atomic E-state index is 0.504. The first kappa shape index (κ1) is 16.5. The highest BCUT2D eigenvalue weighted by Gasteiger charge is 2.23. The van der Waals surface area contributed by atoms with Crippen LogP contribution in [0.4, 0.5) is 0 Å². The van der Waals surface area contributed by atoms with Crippen LogP contribution in [-0.4, -0.2) is 25.3 Å². The van der Waals surface area contributed by atoms with E-state index < -0.39 is 0 Å². The normalized spacial score (nSPS) is 21.3. The fraction of sp³-hybridized carbons (Fsp3) is 0.684. The molecule has 21 heavy (non-hydrogen) atoms. The molecular formula is C19H31NO. The average molecular weight is 289 g/mol. The van der Waals surface area contributed by atoms with Crippen molar-refractivity contribution in [1.29, 1.82) is 0 Å². The summed E-state index contributed by atoms with van der Waals surface area (Å²) in [6, 6.07) is 11.6. The summed E-state index contributed by atoms with van der Waals surface area (Å²) < 4.78 is 5.80. The van der Waals surface area contributed by atoms with Crippen molar-refractivity contribution in [3.05, 3.63) is 35.9 Å². The summed E-state index contributed by atoms with van der Waals surface area (Å²) in [5.74, 6) is 0.610. The van der Waals surface area contributed by atoms with Gasteiger partial charge in [-0.2, -0.15) is 0 Å². The van der Waals surface area contributed by atoms with Crippen molar-refractivity contribution in [2.75, 3.05) is 13.2 Å². The second-order valence-corrected chi connectivity index (χ2v) is 6.20. The standard InChI is InChI=1S/C19H31NO/c1-3-14-20-19(13-12-17-11-8-15-21-17)18(4-2)16-9-6-5-7-10-16/h5-7,9-10,17-20H,3-4,8,11-15H2,1-2H3. The second kappa shape index (κ2) is 9.22. The number of ether oxygens (including phenoxy) is 1. The van der Waals surface area contributed by atoms with Gasteiger partial charge >= 0.3 is 0 Å². The van der Waals surface area contributed by atoms with Gasteiger partial charge in [0.05, 0.1) is 6.10 Å². The second-order valence-electron chi connectivity index (χ2n) is 6.20. The predicted octanol–water partition coefficient (Wildman–Crippen LogP) is 4.51. The molecular weight excluding hydrogens is 258 g/mol. The quantitative estimate of drug-likeness (QED) is 0.722. The molecule has 0 aromatic heterocycles. The molecule has 3 atom stereocenters. The Labute approximate surface area is 130 Å². The molecule has 2 nitrogen and oxygen atoms in total. The molecule has 1 aliphatic heterocycles. The Hall–Kier alpha value is -0.860. The lowest BCUT2D eigenvalue weighted by Crippen LogP contribution is -2.36. The van der Waals surface area contributed by atoms with E-state index in [0.29, 0.717) is 18.1 Å². The lowest BCUT2D eigenvalue weighted by atomic mass is 9.86. The van der Waals surface area contributed by atoms with Gasteiger partial charge in [-0.1, -0.05) is 44.2 Å². The summed E-state index contributed by atoms with van der Waals surface area (Å²) in [6.45, 7) is 6.63. The van der Waals surface area contributed by atoms with E-state index in [-0.39, 0.29) is 0 Å². The zero-order chi connectivity index (χ0) is 14.9. The van der Waals surface area contributed by atoms with Crippen LogP contribution < -0.4 is 5.32 Å². The third kappa shape index (κ3) is 5.12. The minimum absolute atomic E-state index is 0.504. The van der Waals surface area contributed by atoms with Crippen molar-refractivity contribution < 1.29 is 4.74 Å². The smallest absolute Gasteiger partial charge is 0.0576 e. The summed E-state index contributed by atoms with van der Waals surface area (Å²) in [6.07, 6.45) is 7.81. The largest absolute Gasteiger partial charge is 0.378 e. The Bertz CT molecular complexity index is 372. The number of nitrogens with one attached hydrogen (secondary N) is 1. The minimum Gasteiger partial charge on any atom is -0.378 e. The van der Waals surface area contributed by atoms with Crippen LogP contribution in [0, 0.1) is 0 Å². The highest BCUT2D eigenvalue weighted by molar-refractivity contribution is 5.21. The summed E-state index contributed by atoms with van der Waals surface area (Å²) in [4.78, 5) is 0. The molecule has 0 aliphatic carbocycles. The van der Waals surface area contributed by atoms with Crippen molar-refractivity contribution in [2.45, 2.75) is 70.4 Å². The summed E-state index contributed by atoms with van der Waals surface area (Å²) in [7, 11) is 0. The summed E-state index contributed by atoms with van der Waals surface area (Å²) >= 11 is 0. The lowest BCUT2D eigenvalue weighted by Gasteiger charge is -2.29. The maximum Gasteiger partial charge on any atom is 0.0576 e. The Kier molecular flexibility index (Phi) is 7.25. The lowest BCUT2D eigenvalue weighted by molar-refractivity contribution is 0.0984. The topological polar surface area (TPSA) is 21.3 Å². The molecule has 0 radical (unpaired) electrons. The monoisotopic (exact) mass is 289 g/mol. The van der Waals surface area contributed by atoms with Gasteiger partial charge in [0.1, 0.15) is 0 Å². The van der Waals surface area contributed by atoms with Crippen LogP contribution in [0.5, 0.6) is 0 Å². The maximum absolute atomic E-state index is 5.80. The zero-order valence-corrected chi connectivity index (χ0v) is 13.7. The molecule has 0 spiro atoms. The molecule has 2 heteroatoms. The number of hydrogen-bond acceptors (Lipinski definition) is 2. The zero-order valence-electron chi connectivity index (χ0n) is 13.7. The highest BCUT2D eigenvalue weighted by atomic mass is 16.5. The molecule has 118 valence electrons. The van der Waals surface area contributed by atoms with Crippen LogP contribution in [0.1, 0.15) is 63.9 Å². The molecule has 0 saturated carbocycles. The van der Waals surface area contributed by atoms with Crippen molar-refractivity contribution >= 4 is 0 Å². The van der Waals surface area contributed by atoms with Gasteiger partial charge in [-0.25, -0.2) is 0 Å². The predicted molar refractivity (Wildman–Crippen MR) is 89.8 cm³/mol. The van der Waals surface area contributed by atoms with Crippen molar-refractivity contribution in [3.8, 4) is 0 Å². The molecule has 2 rings (SSSR count). The molecule has 1 fully saturated rings. The van der Waals surface area contributed by atoms with Gasteiger partial charge in [-0.05, 0) is 56.6 Å². The van der Waals surface area contributed by atoms with Crippen molar-refractivity contribution in [1.82, 2.24) is 5.32 Å². The molecule has 1 heterocycles. The third-order valence-corrected chi connectivity index (χ3v) is 4.63.